The Balaban J connectivity index is 1.46. The summed E-state index contributed by atoms with van der Waals surface area (Å²) >= 11 is 0. The number of hydrogen-bond donors (Lipinski definition) is 4. The molecule has 0 bridgehead atoms. The zero-order chi connectivity index (χ0) is 11.5. The van der Waals surface area contributed by atoms with Gasteiger partial charge in [-0.3, -0.25) is 10.9 Å². The molecule has 4 N–H and O–H groups in total. The highest BCUT2D eigenvalue weighted by Crippen LogP contribution is 2.22. The molecule has 0 radical (unpaired) electrons. The summed E-state index contributed by atoms with van der Waals surface area (Å²) in [6.45, 7) is 4.99. The van der Waals surface area contributed by atoms with E-state index in [0.717, 1.165) is 38.8 Å². The van der Waals surface area contributed by atoms with Crippen LogP contribution in [-0.4, -0.2) is 51.0 Å². The molecule has 3 rings (SSSR count). The Morgan fingerprint density at radius 2 is 1.88 bits per heavy atom. The second-order valence-electron chi connectivity index (χ2n) is 5.45. The van der Waals surface area contributed by atoms with Gasteiger partial charge in [0.2, 0.25) is 0 Å². The van der Waals surface area contributed by atoms with Crippen LogP contribution in [0.5, 0.6) is 0 Å². The maximum absolute atomic E-state index is 5.54. The van der Waals surface area contributed by atoms with E-state index in [0.29, 0.717) is 18.1 Å². The highest BCUT2D eigenvalue weighted by atomic mass is 16.5. The number of hydrogen-bond acceptors (Lipinski definition) is 5. The van der Waals surface area contributed by atoms with Gasteiger partial charge in [0, 0.05) is 31.2 Å². The molecule has 3 aliphatic rings. The summed E-state index contributed by atoms with van der Waals surface area (Å²) in [7, 11) is 0. The number of piperidine rings is 1. The summed E-state index contributed by atoms with van der Waals surface area (Å²) in [5, 5.41) is 7.26. The lowest BCUT2D eigenvalue weighted by Gasteiger charge is -2.38. The number of morpholine rings is 1. The summed E-state index contributed by atoms with van der Waals surface area (Å²) in [6, 6.07) is 1.78. The zero-order valence-electron chi connectivity index (χ0n) is 10.4. The van der Waals surface area contributed by atoms with Crippen molar-refractivity contribution in [2.24, 2.45) is 5.92 Å². The van der Waals surface area contributed by atoms with Crippen molar-refractivity contribution in [3.05, 3.63) is 0 Å². The molecule has 98 valence electrons. The first-order valence-electron chi connectivity index (χ1n) is 6.96. The van der Waals surface area contributed by atoms with Crippen LogP contribution >= 0.6 is 0 Å². The van der Waals surface area contributed by atoms with Gasteiger partial charge >= 0.3 is 0 Å². The molecule has 4 atom stereocenters. The van der Waals surface area contributed by atoms with E-state index in [1.54, 1.807) is 0 Å². The third kappa shape index (κ3) is 2.80. The molecule has 0 saturated carbocycles. The topological polar surface area (TPSA) is 57.4 Å². The van der Waals surface area contributed by atoms with Crippen molar-refractivity contribution in [3.8, 4) is 0 Å². The van der Waals surface area contributed by atoms with Gasteiger partial charge in [-0.1, -0.05) is 0 Å². The van der Waals surface area contributed by atoms with Crippen molar-refractivity contribution in [3.63, 3.8) is 0 Å². The van der Waals surface area contributed by atoms with Crippen LogP contribution in [0.3, 0.4) is 0 Å². The van der Waals surface area contributed by atoms with Crippen molar-refractivity contribution < 1.29 is 4.74 Å². The molecule has 5 nitrogen and oxygen atoms in total. The van der Waals surface area contributed by atoms with Crippen LogP contribution in [0.1, 0.15) is 19.3 Å². The first kappa shape index (κ1) is 11.9. The molecule has 0 spiro atoms. The number of ether oxygens (including phenoxy) is 1. The van der Waals surface area contributed by atoms with Crippen LogP contribution in [-0.2, 0) is 4.74 Å². The fourth-order valence-corrected chi connectivity index (χ4v) is 3.29. The summed E-state index contributed by atoms with van der Waals surface area (Å²) in [4.78, 5) is 0. The second kappa shape index (κ2) is 5.63. The van der Waals surface area contributed by atoms with Gasteiger partial charge in [0.05, 0.1) is 13.2 Å². The third-order valence-corrected chi connectivity index (χ3v) is 4.36. The van der Waals surface area contributed by atoms with Crippen molar-refractivity contribution in [1.82, 2.24) is 21.5 Å². The molecule has 3 aliphatic heterocycles. The molecule has 0 aromatic heterocycles. The van der Waals surface area contributed by atoms with E-state index in [1.165, 1.54) is 19.3 Å². The summed E-state index contributed by atoms with van der Waals surface area (Å²) in [5.74, 6) is 0.783. The molecule has 0 aromatic carbocycles. The van der Waals surface area contributed by atoms with Gasteiger partial charge in [-0.2, -0.15) is 0 Å². The van der Waals surface area contributed by atoms with Gasteiger partial charge in [-0.25, -0.2) is 0 Å². The van der Waals surface area contributed by atoms with Crippen LogP contribution in [0.2, 0.25) is 0 Å². The first-order valence-corrected chi connectivity index (χ1v) is 6.96. The monoisotopic (exact) mass is 240 g/mol. The van der Waals surface area contributed by atoms with E-state index in [2.05, 4.69) is 21.5 Å². The zero-order valence-corrected chi connectivity index (χ0v) is 10.4. The smallest absolute Gasteiger partial charge is 0.0635 e. The summed E-state index contributed by atoms with van der Waals surface area (Å²) < 4.78 is 5.54. The van der Waals surface area contributed by atoms with Crippen LogP contribution in [0.4, 0.5) is 0 Å². The minimum absolute atomic E-state index is 0.513. The summed E-state index contributed by atoms with van der Waals surface area (Å²) in [6.07, 6.45) is 3.86. The number of nitrogens with one attached hydrogen (secondary N) is 4. The van der Waals surface area contributed by atoms with Crippen LogP contribution < -0.4 is 21.5 Å². The Labute approximate surface area is 103 Å². The standard InChI is InChI=1S/C12H24N4O/c1-2-11(12-8-17-6-5-13-12)14-7-9(1)10-3-4-15-16-10/h9-16H,1-8H2. The lowest BCUT2D eigenvalue weighted by atomic mass is 9.86. The minimum Gasteiger partial charge on any atom is -0.378 e. The maximum atomic E-state index is 5.54. The van der Waals surface area contributed by atoms with Gasteiger partial charge in [-0.05, 0) is 31.7 Å². The van der Waals surface area contributed by atoms with E-state index in [1.807, 2.05) is 0 Å². The average Bonchev–Trinajstić information content (AvgIpc) is 2.94. The molecular formula is C12H24N4O. The van der Waals surface area contributed by atoms with Crippen molar-refractivity contribution in [2.75, 3.05) is 32.8 Å². The van der Waals surface area contributed by atoms with Gasteiger partial charge < -0.3 is 15.4 Å². The Morgan fingerprint density at radius 1 is 0.882 bits per heavy atom. The molecule has 3 fully saturated rings. The molecule has 0 aliphatic carbocycles. The normalized spacial score (nSPS) is 43.8. The van der Waals surface area contributed by atoms with E-state index < -0.39 is 0 Å². The molecular weight excluding hydrogens is 216 g/mol. The molecule has 3 saturated heterocycles. The quantitative estimate of drug-likeness (QED) is 0.510. The molecule has 0 amide bonds. The lowest BCUT2D eigenvalue weighted by molar-refractivity contribution is 0.0556. The Bertz CT molecular complexity index is 231. The van der Waals surface area contributed by atoms with E-state index >= 15 is 0 Å². The average molecular weight is 240 g/mol. The van der Waals surface area contributed by atoms with E-state index in [9.17, 15) is 0 Å². The first-order chi connectivity index (χ1) is 8.43. The Morgan fingerprint density at radius 3 is 2.53 bits per heavy atom. The van der Waals surface area contributed by atoms with Gasteiger partial charge in [0.15, 0.2) is 0 Å². The van der Waals surface area contributed by atoms with Crippen molar-refractivity contribution >= 4 is 0 Å². The second-order valence-corrected chi connectivity index (χ2v) is 5.45. The highest BCUT2D eigenvalue weighted by Gasteiger charge is 2.32. The van der Waals surface area contributed by atoms with Crippen LogP contribution in [0.25, 0.3) is 0 Å². The molecule has 5 heteroatoms. The molecule has 3 heterocycles. The number of hydrazine groups is 1. The van der Waals surface area contributed by atoms with Gasteiger partial charge in [-0.15, -0.1) is 0 Å². The highest BCUT2D eigenvalue weighted by molar-refractivity contribution is 4.92. The minimum atomic E-state index is 0.513. The predicted octanol–water partition coefficient (Wildman–Crippen LogP) is -0.790. The molecule has 0 aromatic rings. The molecule has 17 heavy (non-hydrogen) atoms. The van der Waals surface area contributed by atoms with Crippen molar-refractivity contribution in [2.45, 2.75) is 37.4 Å². The lowest BCUT2D eigenvalue weighted by Crippen LogP contribution is -2.58. The SMILES string of the molecule is C1CC(C2CCC(C3COCCN3)NC2)NN1. The summed E-state index contributed by atoms with van der Waals surface area (Å²) in [5.41, 5.74) is 6.62. The van der Waals surface area contributed by atoms with Crippen molar-refractivity contribution in [1.29, 1.82) is 0 Å². The fourth-order valence-electron chi connectivity index (χ4n) is 3.29. The predicted molar refractivity (Wildman–Crippen MR) is 66.7 cm³/mol. The van der Waals surface area contributed by atoms with Crippen LogP contribution in [0.15, 0.2) is 0 Å². The van der Waals surface area contributed by atoms with Gasteiger partial charge in [0.1, 0.15) is 0 Å². The van der Waals surface area contributed by atoms with Gasteiger partial charge in [0.25, 0.3) is 0 Å². The fraction of sp³-hybridized carbons (Fsp3) is 1.00. The van der Waals surface area contributed by atoms with E-state index in [4.69, 9.17) is 4.74 Å². The molecule has 4 unspecified atom stereocenters. The van der Waals surface area contributed by atoms with E-state index in [-0.39, 0.29) is 0 Å². The number of rotatable bonds is 2. The maximum Gasteiger partial charge on any atom is 0.0635 e. The Hall–Kier alpha value is -0.200. The Kier molecular flexibility index (Phi) is 3.93. The largest absolute Gasteiger partial charge is 0.378 e. The van der Waals surface area contributed by atoms with Crippen LogP contribution in [0, 0.1) is 5.92 Å². The third-order valence-electron chi connectivity index (χ3n) is 4.36.